The number of thiophene rings is 1. The monoisotopic (exact) mass is 354 g/mol. The lowest BCUT2D eigenvalue weighted by Gasteiger charge is -2.09. The molecule has 2 heterocycles. The van der Waals surface area contributed by atoms with Gasteiger partial charge in [-0.2, -0.15) is 0 Å². The number of sulfonamides is 1. The molecule has 2 aromatic carbocycles. The van der Waals surface area contributed by atoms with Crippen molar-refractivity contribution in [2.45, 2.75) is 11.1 Å². The molecule has 24 heavy (non-hydrogen) atoms. The summed E-state index contributed by atoms with van der Waals surface area (Å²) >= 11 is 1.26. The summed E-state index contributed by atoms with van der Waals surface area (Å²) in [6.07, 6.45) is 0. The summed E-state index contributed by atoms with van der Waals surface area (Å²) in [7, 11) is -3.65. The Kier molecular flexibility index (Phi) is 3.51. The number of nitrogens with zero attached hydrogens (tertiary/aromatic N) is 1. The summed E-state index contributed by atoms with van der Waals surface area (Å²) in [5, 5.41) is 1.83. The summed E-state index contributed by atoms with van der Waals surface area (Å²) in [4.78, 5) is 4.47. The predicted octanol–water partition coefficient (Wildman–Crippen LogP) is 4.56. The molecule has 4 nitrogen and oxygen atoms in total. The average Bonchev–Trinajstić information content (AvgIpc) is 3.00. The van der Waals surface area contributed by atoms with Crippen LogP contribution in [0.3, 0.4) is 0 Å². The van der Waals surface area contributed by atoms with Crippen molar-refractivity contribution in [3.63, 3.8) is 0 Å². The molecule has 0 saturated heterocycles. The van der Waals surface area contributed by atoms with E-state index < -0.39 is 10.0 Å². The van der Waals surface area contributed by atoms with Gasteiger partial charge in [0.2, 0.25) is 0 Å². The molecule has 1 N–H and O–H groups in total. The van der Waals surface area contributed by atoms with Crippen molar-refractivity contribution in [3.8, 4) is 0 Å². The lowest BCUT2D eigenvalue weighted by atomic mass is 10.2. The number of anilines is 1. The van der Waals surface area contributed by atoms with Crippen LogP contribution < -0.4 is 4.72 Å². The number of fused-ring (bicyclic) bond motifs is 2. The van der Waals surface area contributed by atoms with Crippen LogP contribution in [0.4, 0.5) is 5.69 Å². The number of pyridine rings is 1. The number of rotatable bonds is 3. The second kappa shape index (κ2) is 5.58. The molecule has 0 fully saturated rings. The van der Waals surface area contributed by atoms with Crippen molar-refractivity contribution >= 4 is 48.0 Å². The van der Waals surface area contributed by atoms with Gasteiger partial charge in [-0.05, 0) is 36.6 Å². The van der Waals surface area contributed by atoms with Gasteiger partial charge in [-0.15, -0.1) is 11.3 Å². The second-order valence-corrected chi connectivity index (χ2v) is 8.53. The summed E-state index contributed by atoms with van der Waals surface area (Å²) in [6, 6.07) is 18.7. The number of aryl methyl sites for hydroxylation is 1. The molecule has 0 bridgehead atoms. The topological polar surface area (TPSA) is 59.1 Å². The lowest BCUT2D eigenvalue weighted by molar-refractivity contribution is 0.603. The maximum Gasteiger partial charge on any atom is 0.271 e. The Labute approximate surface area is 143 Å². The highest BCUT2D eigenvalue weighted by Crippen LogP contribution is 2.31. The first-order chi connectivity index (χ1) is 11.5. The molecule has 0 aliphatic carbocycles. The van der Waals surface area contributed by atoms with E-state index >= 15 is 0 Å². The minimum absolute atomic E-state index is 0.299. The highest BCUT2D eigenvalue weighted by molar-refractivity contribution is 7.94. The highest BCUT2D eigenvalue weighted by atomic mass is 32.2. The summed E-state index contributed by atoms with van der Waals surface area (Å²) in [5.74, 6) is 0. The minimum atomic E-state index is -3.65. The fourth-order valence-electron chi connectivity index (χ4n) is 2.61. The van der Waals surface area contributed by atoms with Crippen LogP contribution in [0, 0.1) is 6.92 Å². The van der Waals surface area contributed by atoms with Gasteiger partial charge in [0, 0.05) is 15.8 Å². The number of nitrogens with one attached hydrogen (secondary N) is 1. The van der Waals surface area contributed by atoms with Gasteiger partial charge < -0.3 is 0 Å². The molecule has 0 amide bonds. The van der Waals surface area contributed by atoms with Gasteiger partial charge >= 0.3 is 0 Å². The van der Waals surface area contributed by atoms with E-state index in [9.17, 15) is 8.42 Å². The first kappa shape index (κ1) is 15.1. The van der Waals surface area contributed by atoms with Crippen molar-refractivity contribution in [3.05, 3.63) is 66.4 Å². The first-order valence-corrected chi connectivity index (χ1v) is 9.71. The maximum atomic E-state index is 12.8. The van der Waals surface area contributed by atoms with Crippen molar-refractivity contribution in [1.29, 1.82) is 0 Å². The van der Waals surface area contributed by atoms with Gasteiger partial charge in [0.25, 0.3) is 10.0 Å². The van der Waals surface area contributed by atoms with Crippen LogP contribution in [0.15, 0.2) is 64.9 Å². The van der Waals surface area contributed by atoms with E-state index in [1.54, 1.807) is 12.1 Å². The van der Waals surface area contributed by atoms with Crippen LogP contribution in [0.1, 0.15) is 5.69 Å². The van der Waals surface area contributed by atoms with E-state index in [1.165, 1.54) is 11.3 Å². The molecular formula is C18H14N2O2S2. The van der Waals surface area contributed by atoms with Crippen LogP contribution in [0.2, 0.25) is 0 Å². The zero-order valence-electron chi connectivity index (χ0n) is 12.9. The second-order valence-electron chi connectivity index (χ2n) is 5.54. The van der Waals surface area contributed by atoms with E-state index in [-0.39, 0.29) is 0 Å². The Morgan fingerprint density at radius 1 is 0.958 bits per heavy atom. The largest absolute Gasteiger partial charge is 0.277 e. The zero-order chi connectivity index (χ0) is 16.7. The van der Waals surface area contributed by atoms with E-state index in [4.69, 9.17) is 0 Å². The summed E-state index contributed by atoms with van der Waals surface area (Å²) < 4.78 is 29.5. The fraction of sp³-hybridized carbons (Fsp3) is 0.0556. The zero-order valence-corrected chi connectivity index (χ0v) is 14.5. The van der Waals surface area contributed by atoms with Gasteiger partial charge in [0.15, 0.2) is 0 Å². The molecule has 120 valence electrons. The van der Waals surface area contributed by atoms with Crippen LogP contribution in [0.5, 0.6) is 0 Å². The van der Waals surface area contributed by atoms with Crippen LogP contribution >= 0.6 is 11.3 Å². The summed E-state index contributed by atoms with van der Waals surface area (Å²) in [6.45, 7) is 1.89. The van der Waals surface area contributed by atoms with Crippen molar-refractivity contribution < 1.29 is 8.42 Å². The Bertz CT molecular complexity index is 1130. The van der Waals surface area contributed by atoms with Crippen molar-refractivity contribution in [2.75, 3.05) is 4.72 Å². The molecule has 0 saturated carbocycles. The van der Waals surface area contributed by atoms with Gasteiger partial charge in [-0.3, -0.25) is 9.71 Å². The molecule has 6 heteroatoms. The molecule has 0 aliphatic heterocycles. The van der Waals surface area contributed by atoms with E-state index in [2.05, 4.69) is 9.71 Å². The van der Waals surface area contributed by atoms with Crippen molar-refractivity contribution in [1.82, 2.24) is 4.98 Å². The normalized spacial score (nSPS) is 11.9. The highest BCUT2D eigenvalue weighted by Gasteiger charge is 2.19. The third-order valence-electron chi connectivity index (χ3n) is 3.77. The molecule has 4 rings (SSSR count). The molecule has 0 unspecified atom stereocenters. The van der Waals surface area contributed by atoms with E-state index in [1.807, 2.05) is 55.5 Å². The molecule has 0 aliphatic rings. The Balaban J connectivity index is 1.80. The van der Waals surface area contributed by atoms with Crippen LogP contribution in [-0.4, -0.2) is 13.4 Å². The fourth-order valence-corrected chi connectivity index (χ4v) is 5.08. The third kappa shape index (κ3) is 2.64. The number of aromatic nitrogens is 1. The molecular weight excluding hydrogens is 340 g/mol. The smallest absolute Gasteiger partial charge is 0.271 e. The van der Waals surface area contributed by atoms with Crippen molar-refractivity contribution in [2.24, 2.45) is 0 Å². The molecule has 0 atom stereocenters. The number of benzene rings is 2. The maximum absolute atomic E-state index is 12.8. The minimum Gasteiger partial charge on any atom is -0.277 e. The quantitative estimate of drug-likeness (QED) is 0.587. The Morgan fingerprint density at radius 2 is 1.75 bits per heavy atom. The summed E-state index contributed by atoms with van der Waals surface area (Å²) in [5.41, 5.74) is 1.99. The lowest BCUT2D eigenvalue weighted by Crippen LogP contribution is -2.12. The van der Waals surface area contributed by atoms with Crippen LogP contribution in [0.25, 0.3) is 21.0 Å². The molecule has 2 aromatic heterocycles. The Hall–Kier alpha value is -2.44. The molecule has 4 aromatic rings. The first-order valence-electron chi connectivity index (χ1n) is 7.41. The average molecular weight is 354 g/mol. The van der Waals surface area contributed by atoms with Gasteiger partial charge in [-0.25, -0.2) is 8.42 Å². The van der Waals surface area contributed by atoms with Crippen LogP contribution in [-0.2, 0) is 10.0 Å². The third-order valence-corrected chi connectivity index (χ3v) is 6.73. The van der Waals surface area contributed by atoms with E-state index in [0.29, 0.717) is 15.4 Å². The molecule has 0 radical (unpaired) electrons. The number of hydrogen-bond acceptors (Lipinski definition) is 4. The molecule has 0 spiro atoms. The van der Waals surface area contributed by atoms with Gasteiger partial charge in [0.1, 0.15) is 4.21 Å². The predicted molar refractivity (Wildman–Crippen MR) is 99.1 cm³/mol. The standard InChI is InChI=1S/C18H14N2O2S2/c1-12-9-10-13-6-4-7-15(18(13)19-12)20-24(21,22)17-11-14-5-2-3-8-16(14)23-17/h2-11,20H,1H3. The Morgan fingerprint density at radius 3 is 2.58 bits per heavy atom. The SMILES string of the molecule is Cc1ccc2cccc(NS(=O)(=O)c3cc4ccccc4s3)c2n1. The van der Waals surface area contributed by atoms with Gasteiger partial charge in [-0.1, -0.05) is 36.4 Å². The van der Waals surface area contributed by atoms with E-state index in [0.717, 1.165) is 21.2 Å². The number of hydrogen-bond donors (Lipinski definition) is 1. The number of para-hydroxylation sites is 1. The van der Waals surface area contributed by atoms with Gasteiger partial charge in [0.05, 0.1) is 11.2 Å².